The average Bonchev–Trinajstić information content (AvgIpc) is 2.11. The second-order valence-corrected chi connectivity index (χ2v) is 3.56. The largest absolute Gasteiger partial charge is 0.480 e. The fourth-order valence-corrected chi connectivity index (χ4v) is 1.01. The van der Waals surface area contributed by atoms with Crippen LogP contribution in [0, 0.1) is 0 Å². The van der Waals surface area contributed by atoms with Crippen LogP contribution in [0.3, 0.4) is 0 Å². The molecule has 0 fully saturated rings. The molecule has 0 amide bonds. The number of carboxylic acids is 1. The Labute approximate surface area is 89.2 Å². The number of carboxylic acid groups (broad SMARTS) is 1. The summed E-state index contributed by atoms with van der Waals surface area (Å²) in [4.78, 5) is 14.7. The van der Waals surface area contributed by atoms with Crippen LogP contribution in [0.4, 0.5) is 0 Å². The minimum Gasteiger partial charge on any atom is -0.480 e. The van der Waals surface area contributed by atoms with Crippen LogP contribution in [-0.2, 0) is 4.79 Å². The number of aliphatic imine (C=N–C) groups is 1. The highest BCUT2D eigenvalue weighted by Gasteiger charge is 2.30. The van der Waals surface area contributed by atoms with Gasteiger partial charge < -0.3 is 10.8 Å². The summed E-state index contributed by atoms with van der Waals surface area (Å²) >= 11 is 3.98. The van der Waals surface area contributed by atoms with E-state index in [1.54, 1.807) is 13.8 Å². The third-order valence-corrected chi connectivity index (χ3v) is 2.41. The Morgan fingerprint density at radius 3 is 2.64 bits per heavy atom. The standard InChI is InChI=1S/C8H17N3O2S/c1-6(9)10-3-4-11-8(2,5-14)7(12)13/h11,14H,3-5H2,1-2H3,(H2,9,10)(H,12,13)/t8-/m0/s1. The number of rotatable bonds is 6. The molecule has 82 valence electrons. The van der Waals surface area contributed by atoms with Gasteiger partial charge in [-0.05, 0) is 13.8 Å². The summed E-state index contributed by atoms with van der Waals surface area (Å²) in [6.45, 7) is 4.22. The summed E-state index contributed by atoms with van der Waals surface area (Å²) in [6, 6.07) is 0. The summed E-state index contributed by atoms with van der Waals surface area (Å²) in [5.41, 5.74) is 4.33. The van der Waals surface area contributed by atoms with Crippen molar-refractivity contribution in [1.29, 1.82) is 0 Å². The van der Waals surface area contributed by atoms with Gasteiger partial charge in [0.1, 0.15) is 5.54 Å². The van der Waals surface area contributed by atoms with Crippen LogP contribution in [0.1, 0.15) is 13.8 Å². The van der Waals surface area contributed by atoms with Crippen molar-refractivity contribution >= 4 is 24.4 Å². The topological polar surface area (TPSA) is 87.7 Å². The number of nitrogens with two attached hydrogens (primary N) is 1. The van der Waals surface area contributed by atoms with E-state index in [2.05, 4.69) is 22.9 Å². The Bertz CT molecular complexity index is 229. The molecule has 0 aliphatic rings. The van der Waals surface area contributed by atoms with E-state index in [1.807, 2.05) is 0 Å². The van der Waals surface area contributed by atoms with Crippen LogP contribution in [0.25, 0.3) is 0 Å². The van der Waals surface area contributed by atoms with E-state index in [9.17, 15) is 4.79 Å². The van der Waals surface area contributed by atoms with E-state index in [-0.39, 0.29) is 5.75 Å². The minimum atomic E-state index is -0.999. The average molecular weight is 219 g/mol. The lowest BCUT2D eigenvalue weighted by Gasteiger charge is -2.23. The number of nitrogens with one attached hydrogen (secondary N) is 1. The summed E-state index contributed by atoms with van der Waals surface area (Å²) < 4.78 is 0. The Morgan fingerprint density at radius 1 is 1.71 bits per heavy atom. The van der Waals surface area contributed by atoms with Gasteiger partial charge in [0.25, 0.3) is 0 Å². The Kier molecular flexibility index (Phi) is 5.56. The number of aliphatic carboxylic acids is 1. The molecule has 0 spiro atoms. The first-order chi connectivity index (χ1) is 6.42. The molecule has 0 bridgehead atoms. The van der Waals surface area contributed by atoms with Gasteiger partial charge in [-0.2, -0.15) is 12.6 Å². The van der Waals surface area contributed by atoms with Gasteiger partial charge in [-0.1, -0.05) is 0 Å². The molecule has 4 N–H and O–H groups in total. The zero-order chi connectivity index (χ0) is 11.2. The van der Waals surface area contributed by atoms with Crippen molar-refractivity contribution in [2.45, 2.75) is 19.4 Å². The second kappa shape index (κ2) is 5.87. The van der Waals surface area contributed by atoms with Crippen molar-refractivity contribution < 1.29 is 9.90 Å². The highest BCUT2D eigenvalue weighted by molar-refractivity contribution is 7.80. The van der Waals surface area contributed by atoms with Gasteiger partial charge >= 0.3 is 5.97 Å². The van der Waals surface area contributed by atoms with Crippen LogP contribution in [0.5, 0.6) is 0 Å². The maximum absolute atomic E-state index is 10.8. The molecule has 0 aliphatic heterocycles. The fourth-order valence-electron chi connectivity index (χ4n) is 0.763. The molecule has 0 unspecified atom stereocenters. The number of amidine groups is 1. The normalized spacial score (nSPS) is 16.4. The van der Waals surface area contributed by atoms with Gasteiger partial charge in [-0.15, -0.1) is 0 Å². The highest BCUT2D eigenvalue weighted by Crippen LogP contribution is 2.05. The van der Waals surface area contributed by atoms with Gasteiger partial charge in [-0.25, -0.2) is 0 Å². The van der Waals surface area contributed by atoms with Gasteiger partial charge in [0, 0.05) is 12.3 Å². The molecule has 6 heteroatoms. The van der Waals surface area contributed by atoms with Gasteiger partial charge in [-0.3, -0.25) is 15.1 Å². The van der Waals surface area contributed by atoms with Gasteiger partial charge in [0.2, 0.25) is 0 Å². The maximum Gasteiger partial charge on any atom is 0.324 e. The van der Waals surface area contributed by atoms with Crippen LogP contribution in [0.15, 0.2) is 4.99 Å². The zero-order valence-electron chi connectivity index (χ0n) is 8.45. The Morgan fingerprint density at radius 2 is 2.29 bits per heavy atom. The van der Waals surface area contributed by atoms with E-state index in [0.717, 1.165) is 0 Å². The molecule has 0 radical (unpaired) electrons. The molecule has 5 nitrogen and oxygen atoms in total. The molecule has 0 heterocycles. The van der Waals surface area contributed by atoms with E-state index < -0.39 is 11.5 Å². The van der Waals surface area contributed by atoms with E-state index in [1.165, 1.54) is 0 Å². The van der Waals surface area contributed by atoms with Crippen molar-refractivity contribution in [2.24, 2.45) is 10.7 Å². The SMILES string of the molecule is CC(N)=NCCN[C@@](C)(CS)C(=O)O. The Hall–Kier alpha value is -0.750. The summed E-state index contributed by atoms with van der Waals surface area (Å²) in [6.07, 6.45) is 0. The molecular formula is C8H17N3O2S. The first-order valence-electron chi connectivity index (χ1n) is 4.28. The first kappa shape index (κ1) is 13.2. The third kappa shape index (κ3) is 4.48. The Balaban J connectivity index is 3.97. The molecule has 1 atom stereocenters. The maximum atomic E-state index is 10.8. The van der Waals surface area contributed by atoms with Gasteiger partial charge in [0.05, 0.1) is 12.4 Å². The third-order valence-electron chi connectivity index (χ3n) is 1.78. The van der Waals surface area contributed by atoms with Crippen LogP contribution >= 0.6 is 12.6 Å². The number of hydrogen-bond donors (Lipinski definition) is 4. The van der Waals surface area contributed by atoms with E-state index >= 15 is 0 Å². The monoisotopic (exact) mass is 219 g/mol. The van der Waals surface area contributed by atoms with E-state index in [0.29, 0.717) is 18.9 Å². The molecule has 0 saturated carbocycles. The number of thiol groups is 1. The molecule has 0 aromatic heterocycles. The number of carbonyl (C=O) groups is 1. The lowest BCUT2D eigenvalue weighted by atomic mass is 10.1. The number of nitrogens with zero attached hydrogens (tertiary/aromatic N) is 1. The van der Waals surface area contributed by atoms with Crippen molar-refractivity contribution in [3.63, 3.8) is 0 Å². The molecule has 0 aromatic carbocycles. The summed E-state index contributed by atoms with van der Waals surface area (Å²) in [7, 11) is 0. The summed E-state index contributed by atoms with van der Waals surface area (Å²) in [5.74, 6) is -0.191. The van der Waals surface area contributed by atoms with Crippen LogP contribution in [0.2, 0.25) is 0 Å². The van der Waals surface area contributed by atoms with Crippen molar-refractivity contribution in [1.82, 2.24) is 5.32 Å². The van der Waals surface area contributed by atoms with Crippen LogP contribution < -0.4 is 11.1 Å². The smallest absolute Gasteiger partial charge is 0.324 e. The molecule has 0 saturated heterocycles. The quantitative estimate of drug-likeness (QED) is 0.214. The second-order valence-electron chi connectivity index (χ2n) is 3.25. The molecule has 0 aromatic rings. The predicted octanol–water partition coefficient (Wildman–Crippen LogP) is -0.274. The van der Waals surface area contributed by atoms with Crippen molar-refractivity contribution in [3.05, 3.63) is 0 Å². The minimum absolute atomic E-state index is 0.230. The first-order valence-corrected chi connectivity index (χ1v) is 4.91. The molecule has 0 rings (SSSR count). The lowest BCUT2D eigenvalue weighted by molar-refractivity contribution is -0.143. The van der Waals surface area contributed by atoms with Crippen molar-refractivity contribution in [3.8, 4) is 0 Å². The zero-order valence-corrected chi connectivity index (χ0v) is 9.34. The summed E-state index contributed by atoms with van der Waals surface area (Å²) in [5, 5.41) is 11.7. The molecule has 0 aliphatic carbocycles. The predicted molar refractivity (Wildman–Crippen MR) is 60.1 cm³/mol. The lowest BCUT2D eigenvalue weighted by Crippen LogP contribution is -2.52. The number of hydrogen-bond acceptors (Lipinski definition) is 4. The van der Waals surface area contributed by atoms with Crippen LogP contribution in [-0.4, -0.2) is 41.3 Å². The molecule has 14 heavy (non-hydrogen) atoms. The van der Waals surface area contributed by atoms with E-state index in [4.69, 9.17) is 10.8 Å². The fraction of sp³-hybridized carbons (Fsp3) is 0.750. The molecular weight excluding hydrogens is 202 g/mol. The highest BCUT2D eigenvalue weighted by atomic mass is 32.1. The van der Waals surface area contributed by atoms with Crippen molar-refractivity contribution in [2.75, 3.05) is 18.8 Å². The van der Waals surface area contributed by atoms with Gasteiger partial charge in [0.15, 0.2) is 0 Å².